The predicted octanol–water partition coefficient (Wildman–Crippen LogP) is 4.14. The van der Waals surface area contributed by atoms with Gasteiger partial charge in [-0.25, -0.2) is 0 Å². The Morgan fingerprint density at radius 1 is 1.21 bits per heavy atom. The normalized spacial score (nSPS) is 26.4. The van der Waals surface area contributed by atoms with Crippen LogP contribution in [0.15, 0.2) is 0 Å². The van der Waals surface area contributed by atoms with Crippen molar-refractivity contribution in [3.8, 4) is 0 Å². The molecule has 2 rings (SSSR count). The first-order valence-electron chi connectivity index (χ1n) is 8.53. The van der Waals surface area contributed by atoms with Gasteiger partial charge in [-0.05, 0) is 62.8 Å². The summed E-state index contributed by atoms with van der Waals surface area (Å²) in [4.78, 5) is 0. The van der Waals surface area contributed by atoms with Crippen molar-refractivity contribution in [1.82, 2.24) is 5.32 Å². The molecule has 19 heavy (non-hydrogen) atoms. The highest BCUT2D eigenvalue weighted by Gasteiger charge is 2.33. The number of hydrogen-bond acceptors (Lipinski definition) is 2. The zero-order valence-electron chi connectivity index (χ0n) is 13.0. The maximum Gasteiger partial charge on any atom is 0.0576 e. The Kier molecular flexibility index (Phi) is 6.15. The van der Waals surface area contributed by atoms with Crippen LogP contribution in [0.25, 0.3) is 0 Å². The van der Waals surface area contributed by atoms with Gasteiger partial charge in [-0.2, -0.15) is 0 Å². The molecular weight excluding hydrogens is 234 g/mol. The molecule has 1 saturated carbocycles. The second-order valence-electron chi connectivity index (χ2n) is 7.26. The number of ether oxygens (including phenoxy) is 1. The fraction of sp³-hybridized carbons (Fsp3) is 1.00. The van der Waals surface area contributed by atoms with E-state index in [0.29, 0.717) is 11.5 Å². The van der Waals surface area contributed by atoms with Gasteiger partial charge in [0.25, 0.3) is 0 Å². The summed E-state index contributed by atoms with van der Waals surface area (Å²) >= 11 is 0. The van der Waals surface area contributed by atoms with Gasteiger partial charge in [0.2, 0.25) is 0 Å². The molecule has 0 aromatic carbocycles. The minimum atomic E-state index is 0.568. The largest absolute Gasteiger partial charge is 0.378 e. The van der Waals surface area contributed by atoms with Crippen molar-refractivity contribution >= 4 is 0 Å². The summed E-state index contributed by atoms with van der Waals surface area (Å²) in [5.74, 6) is 0.840. The van der Waals surface area contributed by atoms with E-state index in [1.807, 2.05) is 0 Å². The molecule has 0 bridgehead atoms. The number of hydrogen-bond donors (Lipinski definition) is 1. The van der Waals surface area contributed by atoms with Gasteiger partial charge in [0.1, 0.15) is 0 Å². The average Bonchev–Trinajstić information content (AvgIpc) is 3.00. The lowest BCUT2D eigenvalue weighted by Gasteiger charge is -2.31. The first kappa shape index (κ1) is 15.3. The Morgan fingerprint density at radius 2 is 2.00 bits per heavy atom. The van der Waals surface area contributed by atoms with Crippen LogP contribution in [0.2, 0.25) is 0 Å². The maximum atomic E-state index is 5.68. The van der Waals surface area contributed by atoms with Crippen LogP contribution >= 0.6 is 0 Å². The summed E-state index contributed by atoms with van der Waals surface area (Å²) in [5.41, 5.74) is 0.623. The zero-order valence-corrected chi connectivity index (χ0v) is 13.0. The van der Waals surface area contributed by atoms with Crippen molar-refractivity contribution in [1.29, 1.82) is 0 Å². The second-order valence-corrected chi connectivity index (χ2v) is 7.26. The zero-order chi connectivity index (χ0) is 13.6. The molecule has 2 fully saturated rings. The molecule has 2 heteroatoms. The predicted molar refractivity (Wildman–Crippen MR) is 81.4 cm³/mol. The first-order valence-corrected chi connectivity index (χ1v) is 8.53. The van der Waals surface area contributed by atoms with Crippen molar-refractivity contribution in [3.05, 3.63) is 0 Å². The number of nitrogens with one attached hydrogen (secondary N) is 1. The van der Waals surface area contributed by atoms with E-state index < -0.39 is 0 Å². The molecule has 0 radical (unpaired) electrons. The van der Waals surface area contributed by atoms with Gasteiger partial charge in [0.05, 0.1) is 6.10 Å². The number of rotatable bonds is 8. The monoisotopic (exact) mass is 267 g/mol. The van der Waals surface area contributed by atoms with E-state index in [1.54, 1.807) is 0 Å². The second kappa shape index (κ2) is 7.64. The first-order chi connectivity index (χ1) is 9.20. The molecule has 0 aromatic rings. The molecule has 0 aromatic heterocycles. The quantitative estimate of drug-likeness (QED) is 0.667. The van der Waals surface area contributed by atoms with Gasteiger partial charge in [-0.15, -0.1) is 0 Å². The van der Waals surface area contributed by atoms with Crippen LogP contribution in [0.1, 0.15) is 71.6 Å². The van der Waals surface area contributed by atoms with Crippen LogP contribution in [0, 0.1) is 11.3 Å². The van der Waals surface area contributed by atoms with E-state index in [2.05, 4.69) is 19.2 Å². The standard InChI is InChI=1S/C17H33NO/c1-15(2)13-17(9-3-4-10-17)14-18-11-5-7-16-8-6-12-19-16/h15-16,18H,3-14H2,1-2H3. The van der Waals surface area contributed by atoms with Gasteiger partial charge in [0.15, 0.2) is 0 Å². The minimum absolute atomic E-state index is 0.568. The third kappa shape index (κ3) is 5.07. The molecule has 1 heterocycles. The highest BCUT2D eigenvalue weighted by molar-refractivity contribution is 4.87. The maximum absolute atomic E-state index is 5.68. The Hall–Kier alpha value is -0.0800. The van der Waals surface area contributed by atoms with E-state index in [1.165, 1.54) is 70.9 Å². The van der Waals surface area contributed by atoms with Crippen LogP contribution in [0.5, 0.6) is 0 Å². The molecule has 0 spiro atoms. The molecule has 1 atom stereocenters. The SMILES string of the molecule is CC(C)CC1(CNCCCC2CCCO2)CCCC1. The summed E-state index contributed by atoms with van der Waals surface area (Å²) in [5, 5.41) is 3.74. The summed E-state index contributed by atoms with van der Waals surface area (Å²) in [6.07, 6.45) is 12.9. The van der Waals surface area contributed by atoms with Crippen LogP contribution in [0.3, 0.4) is 0 Å². The van der Waals surface area contributed by atoms with Gasteiger partial charge in [-0.3, -0.25) is 0 Å². The van der Waals surface area contributed by atoms with Crippen molar-refractivity contribution < 1.29 is 4.74 Å². The Morgan fingerprint density at radius 3 is 2.63 bits per heavy atom. The highest BCUT2D eigenvalue weighted by atomic mass is 16.5. The molecule has 1 unspecified atom stereocenters. The van der Waals surface area contributed by atoms with Crippen LogP contribution in [-0.4, -0.2) is 25.8 Å². The molecule has 1 aliphatic heterocycles. The Bertz CT molecular complexity index is 240. The average molecular weight is 267 g/mol. The molecule has 112 valence electrons. The van der Waals surface area contributed by atoms with Crippen molar-refractivity contribution in [2.45, 2.75) is 77.7 Å². The third-order valence-corrected chi connectivity index (χ3v) is 4.91. The minimum Gasteiger partial charge on any atom is -0.378 e. The molecule has 2 aliphatic rings. The lowest BCUT2D eigenvalue weighted by Crippen LogP contribution is -2.34. The Labute approximate surface area is 119 Å². The molecule has 2 nitrogen and oxygen atoms in total. The fourth-order valence-electron chi connectivity index (χ4n) is 4.12. The van der Waals surface area contributed by atoms with E-state index in [9.17, 15) is 0 Å². The molecule has 1 N–H and O–H groups in total. The summed E-state index contributed by atoms with van der Waals surface area (Å²) in [6, 6.07) is 0. The fourth-order valence-corrected chi connectivity index (χ4v) is 4.12. The van der Waals surface area contributed by atoms with E-state index in [4.69, 9.17) is 4.74 Å². The molecular formula is C17H33NO. The highest BCUT2D eigenvalue weighted by Crippen LogP contribution is 2.42. The summed E-state index contributed by atoms with van der Waals surface area (Å²) in [6.45, 7) is 8.17. The van der Waals surface area contributed by atoms with Crippen molar-refractivity contribution in [3.63, 3.8) is 0 Å². The van der Waals surface area contributed by atoms with Crippen molar-refractivity contribution in [2.75, 3.05) is 19.7 Å². The summed E-state index contributed by atoms with van der Waals surface area (Å²) < 4.78 is 5.68. The van der Waals surface area contributed by atoms with Crippen LogP contribution in [-0.2, 0) is 4.74 Å². The molecule has 1 saturated heterocycles. The molecule has 1 aliphatic carbocycles. The van der Waals surface area contributed by atoms with E-state index >= 15 is 0 Å². The lowest BCUT2D eigenvalue weighted by molar-refractivity contribution is 0.102. The smallest absolute Gasteiger partial charge is 0.0576 e. The van der Waals surface area contributed by atoms with Gasteiger partial charge in [0, 0.05) is 13.2 Å². The van der Waals surface area contributed by atoms with Gasteiger partial charge in [-0.1, -0.05) is 26.7 Å². The molecule has 0 amide bonds. The third-order valence-electron chi connectivity index (χ3n) is 4.91. The Balaban J connectivity index is 1.59. The lowest BCUT2D eigenvalue weighted by atomic mass is 9.78. The van der Waals surface area contributed by atoms with E-state index in [0.717, 1.165) is 12.5 Å². The van der Waals surface area contributed by atoms with Crippen LogP contribution < -0.4 is 5.32 Å². The summed E-state index contributed by atoms with van der Waals surface area (Å²) in [7, 11) is 0. The topological polar surface area (TPSA) is 21.3 Å². The van der Waals surface area contributed by atoms with Gasteiger partial charge < -0.3 is 10.1 Å². The van der Waals surface area contributed by atoms with E-state index in [-0.39, 0.29) is 0 Å². The van der Waals surface area contributed by atoms with Crippen LogP contribution in [0.4, 0.5) is 0 Å². The van der Waals surface area contributed by atoms with Gasteiger partial charge >= 0.3 is 0 Å². The van der Waals surface area contributed by atoms with Crippen molar-refractivity contribution in [2.24, 2.45) is 11.3 Å².